The fourth-order valence-corrected chi connectivity index (χ4v) is 2.58. The van der Waals surface area contributed by atoms with Crippen molar-refractivity contribution in [3.63, 3.8) is 0 Å². The van der Waals surface area contributed by atoms with Gasteiger partial charge in [0.05, 0.1) is 22.5 Å². The highest BCUT2D eigenvalue weighted by atomic mass is 35.5. The summed E-state index contributed by atoms with van der Waals surface area (Å²) in [6, 6.07) is 15.1. The van der Waals surface area contributed by atoms with E-state index in [1.807, 2.05) is 47.0 Å². The third-order valence-electron chi connectivity index (χ3n) is 3.32. The van der Waals surface area contributed by atoms with Crippen molar-refractivity contribution >= 4 is 28.6 Å². The zero-order valence-electron chi connectivity index (χ0n) is 11.2. The second kappa shape index (κ2) is 5.58. The van der Waals surface area contributed by atoms with Crippen LogP contribution in [0.3, 0.4) is 0 Å². The molecule has 2 aromatic carbocycles. The summed E-state index contributed by atoms with van der Waals surface area (Å²) in [7, 11) is 0. The number of aromatic nitrogens is 2. The van der Waals surface area contributed by atoms with Gasteiger partial charge in [-0.2, -0.15) is 0 Å². The summed E-state index contributed by atoms with van der Waals surface area (Å²) >= 11 is 6.25. The fourth-order valence-electron chi connectivity index (χ4n) is 2.36. The van der Waals surface area contributed by atoms with Crippen molar-refractivity contribution in [2.45, 2.75) is 13.0 Å². The van der Waals surface area contributed by atoms with Gasteiger partial charge in [-0.25, -0.2) is 4.98 Å². The number of aliphatic carboxylic acids is 1. The number of carboxylic acids is 1. The van der Waals surface area contributed by atoms with Crippen molar-refractivity contribution in [3.8, 4) is 11.4 Å². The van der Waals surface area contributed by atoms with Crippen LogP contribution in [0.1, 0.15) is 6.42 Å². The SMILES string of the molecule is O=C(O)CCn1c(-c2ccccc2Cl)nc2ccccc21. The summed E-state index contributed by atoms with van der Waals surface area (Å²) in [6.07, 6.45) is 0.0395. The Morgan fingerprint density at radius 3 is 2.62 bits per heavy atom. The van der Waals surface area contributed by atoms with Gasteiger partial charge in [0.25, 0.3) is 0 Å². The first kappa shape index (κ1) is 13.6. The quantitative estimate of drug-likeness (QED) is 0.796. The summed E-state index contributed by atoms with van der Waals surface area (Å²) in [5.74, 6) is -0.138. The minimum atomic E-state index is -0.835. The molecular weight excluding hydrogens is 288 g/mol. The molecule has 1 aromatic heterocycles. The number of nitrogens with zero attached hydrogens (tertiary/aromatic N) is 2. The largest absolute Gasteiger partial charge is 0.481 e. The molecule has 0 amide bonds. The number of aryl methyl sites for hydroxylation is 1. The highest BCUT2D eigenvalue weighted by Crippen LogP contribution is 2.30. The van der Waals surface area contributed by atoms with Gasteiger partial charge in [-0.15, -0.1) is 0 Å². The van der Waals surface area contributed by atoms with E-state index in [0.717, 1.165) is 16.6 Å². The molecule has 1 heterocycles. The summed E-state index contributed by atoms with van der Waals surface area (Å²) in [6.45, 7) is 0.358. The number of hydrogen-bond acceptors (Lipinski definition) is 2. The number of carboxylic acid groups (broad SMARTS) is 1. The number of carbonyl (C=O) groups is 1. The van der Waals surface area contributed by atoms with Crippen LogP contribution >= 0.6 is 11.6 Å². The maximum absolute atomic E-state index is 10.9. The Labute approximate surface area is 126 Å². The summed E-state index contributed by atoms with van der Waals surface area (Å²) < 4.78 is 1.91. The Hall–Kier alpha value is -2.33. The predicted molar refractivity (Wildman–Crippen MR) is 82.4 cm³/mol. The molecule has 0 atom stereocenters. The Bertz CT molecular complexity index is 811. The second-order valence-electron chi connectivity index (χ2n) is 4.70. The highest BCUT2D eigenvalue weighted by Gasteiger charge is 2.15. The van der Waals surface area contributed by atoms with Gasteiger partial charge >= 0.3 is 5.97 Å². The van der Waals surface area contributed by atoms with E-state index in [9.17, 15) is 4.79 Å². The first-order valence-electron chi connectivity index (χ1n) is 6.59. The van der Waals surface area contributed by atoms with E-state index in [0.29, 0.717) is 17.4 Å². The number of imidazole rings is 1. The number of para-hydroxylation sites is 2. The van der Waals surface area contributed by atoms with Crippen molar-refractivity contribution in [2.24, 2.45) is 0 Å². The van der Waals surface area contributed by atoms with Crippen molar-refractivity contribution in [3.05, 3.63) is 53.6 Å². The van der Waals surface area contributed by atoms with E-state index in [2.05, 4.69) is 4.98 Å². The molecule has 0 saturated heterocycles. The normalized spacial score (nSPS) is 10.9. The molecule has 5 heteroatoms. The molecule has 3 rings (SSSR count). The van der Waals surface area contributed by atoms with Crippen LogP contribution in [0.15, 0.2) is 48.5 Å². The number of benzene rings is 2. The molecule has 0 aliphatic carbocycles. The smallest absolute Gasteiger partial charge is 0.305 e. The third-order valence-corrected chi connectivity index (χ3v) is 3.65. The molecule has 0 bridgehead atoms. The van der Waals surface area contributed by atoms with Gasteiger partial charge in [0.2, 0.25) is 0 Å². The molecule has 0 saturated carbocycles. The van der Waals surface area contributed by atoms with Gasteiger partial charge in [-0.1, -0.05) is 35.9 Å². The Balaban J connectivity index is 2.19. The van der Waals surface area contributed by atoms with E-state index in [1.54, 1.807) is 6.07 Å². The molecule has 0 spiro atoms. The van der Waals surface area contributed by atoms with Gasteiger partial charge < -0.3 is 9.67 Å². The number of rotatable bonds is 4. The van der Waals surface area contributed by atoms with Crippen LogP contribution in [0.4, 0.5) is 0 Å². The third kappa shape index (κ3) is 2.62. The van der Waals surface area contributed by atoms with Crippen molar-refractivity contribution in [1.82, 2.24) is 9.55 Å². The fraction of sp³-hybridized carbons (Fsp3) is 0.125. The molecule has 21 heavy (non-hydrogen) atoms. The molecule has 0 fully saturated rings. The van der Waals surface area contributed by atoms with E-state index >= 15 is 0 Å². The minimum absolute atomic E-state index is 0.0395. The van der Waals surface area contributed by atoms with Gasteiger partial charge in [-0.3, -0.25) is 4.79 Å². The second-order valence-corrected chi connectivity index (χ2v) is 5.11. The van der Waals surface area contributed by atoms with Crippen LogP contribution < -0.4 is 0 Å². The number of hydrogen-bond donors (Lipinski definition) is 1. The van der Waals surface area contributed by atoms with E-state index in [4.69, 9.17) is 16.7 Å². The van der Waals surface area contributed by atoms with Crippen molar-refractivity contribution < 1.29 is 9.90 Å². The summed E-state index contributed by atoms with van der Waals surface area (Å²) in [5.41, 5.74) is 2.55. The molecule has 0 aliphatic heterocycles. The maximum Gasteiger partial charge on any atom is 0.305 e. The molecule has 106 valence electrons. The zero-order chi connectivity index (χ0) is 14.8. The molecule has 0 unspecified atom stereocenters. The van der Waals surface area contributed by atoms with E-state index < -0.39 is 5.97 Å². The lowest BCUT2D eigenvalue weighted by Crippen LogP contribution is -2.06. The lowest BCUT2D eigenvalue weighted by atomic mass is 10.2. The average Bonchev–Trinajstić information content (AvgIpc) is 2.84. The van der Waals surface area contributed by atoms with Gasteiger partial charge in [0.15, 0.2) is 0 Å². The average molecular weight is 301 g/mol. The lowest BCUT2D eigenvalue weighted by molar-refractivity contribution is -0.137. The van der Waals surface area contributed by atoms with Crippen LogP contribution in [-0.4, -0.2) is 20.6 Å². The minimum Gasteiger partial charge on any atom is -0.481 e. The topological polar surface area (TPSA) is 55.1 Å². The molecule has 0 aliphatic rings. The van der Waals surface area contributed by atoms with Gasteiger partial charge in [-0.05, 0) is 24.3 Å². The van der Waals surface area contributed by atoms with Crippen molar-refractivity contribution in [2.75, 3.05) is 0 Å². The standard InChI is InChI=1S/C16H13ClN2O2/c17-12-6-2-1-5-11(12)16-18-13-7-3-4-8-14(13)19(16)10-9-15(20)21/h1-8H,9-10H2,(H,20,21). The molecule has 3 aromatic rings. The Kier molecular flexibility index (Phi) is 3.62. The van der Waals surface area contributed by atoms with Crippen LogP contribution in [0.2, 0.25) is 5.02 Å². The highest BCUT2D eigenvalue weighted by molar-refractivity contribution is 6.33. The summed E-state index contributed by atoms with van der Waals surface area (Å²) in [4.78, 5) is 15.5. The zero-order valence-corrected chi connectivity index (χ0v) is 11.9. The van der Waals surface area contributed by atoms with Crippen LogP contribution in [0.25, 0.3) is 22.4 Å². The Morgan fingerprint density at radius 1 is 1.14 bits per heavy atom. The Morgan fingerprint density at radius 2 is 1.86 bits per heavy atom. The number of fused-ring (bicyclic) bond motifs is 1. The van der Waals surface area contributed by atoms with Gasteiger partial charge in [0.1, 0.15) is 5.82 Å². The van der Waals surface area contributed by atoms with Crippen molar-refractivity contribution in [1.29, 1.82) is 0 Å². The lowest BCUT2D eigenvalue weighted by Gasteiger charge is -2.09. The van der Waals surface area contributed by atoms with E-state index in [1.165, 1.54) is 0 Å². The molecule has 0 radical (unpaired) electrons. The predicted octanol–water partition coefficient (Wildman–Crippen LogP) is 3.83. The first-order valence-corrected chi connectivity index (χ1v) is 6.96. The molecule has 4 nitrogen and oxygen atoms in total. The first-order chi connectivity index (χ1) is 10.2. The van der Waals surface area contributed by atoms with E-state index in [-0.39, 0.29) is 6.42 Å². The maximum atomic E-state index is 10.9. The summed E-state index contributed by atoms with van der Waals surface area (Å²) in [5, 5.41) is 9.54. The van der Waals surface area contributed by atoms with Crippen LogP contribution in [-0.2, 0) is 11.3 Å². The van der Waals surface area contributed by atoms with Crippen LogP contribution in [0.5, 0.6) is 0 Å². The van der Waals surface area contributed by atoms with Gasteiger partial charge in [0, 0.05) is 12.1 Å². The number of halogens is 1. The molecular formula is C16H13ClN2O2. The molecule has 1 N–H and O–H groups in total. The monoisotopic (exact) mass is 300 g/mol. The van der Waals surface area contributed by atoms with Crippen LogP contribution in [0, 0.1) is 0 Å².